The topological polar surface area (TPSA) is 428 Å². The lowest BCUT2D eigenvalue weighted by molar-refractivity contribution is -0.248. The highest BCUT2D eigenvalue weighted by Crippen LogP contribution is 2.72. The average molecular weight is 1450 g/mol. The van der Waals surface area contributed by atoms with Crippen LogP contribution in [0.25, 0.3) is 21.3 Å². The molecule has 6 aliphatic rings. The molecule has 4 aromatic heterocycles. The van der Waals surface area contributed by atoms with E-state index in [-0.39, 0.29) is 78.8 Å². The normalized spacial score (nSPS) is 24.4. The van der Waals surface area contributed by atoms with Crippen molar-refractivity contribution in [2.24, 2.45) is 22.2 Å². The highest BCUT2D eigenvalue weighted by Gasteiger charge is 2.66. The van der Waals surface area contributed by atoms with Crippen LogP contribution in [0, 0.1) is 29.1 Å². The number of aliphatic carboxylic acids is 2. The predicted molar refractivity (Wildman–Crippen MR) is 375 cm³/mol. The Labute approximate surface area is 598 Å². The number of rotatable bonds is 29. The van der Waals surface area contributed by atoms with Crippen LogP contribution in [0.15, 0.2) is 67.1 Å². The van der Waals surface area contributed by atoms with Gasteiger partial charge in [0.25, 0.3) is 5.91 Å². The van der Waals surface area contributed by atoms with Crippen molar-refractivity contribution in [3.63, 3.8) is 0 Å². The number of aromatic carboxylic acids is 1. The number of hydrogen-bond acceptors (Lipinski definition) is 21. The fraction of sp³-hybridized carbons (Fsp3) is 0.542. The molecule has 2 aromatic carbocycles. The van der Waals surface area contributed by atoms with E-state index in [0.29, 0.717) is 65.0 Å². The number of carbonyl (C=O) groups excluding carboxylic acids is 6. The highest BCUT2D eigenvalue weighted by atomic mass is 32.1. The van der Waals surface area contributed by atoms with Crippen molar-refractivity contribution in [3.05, 3.63) is 101 Å². The van der Waals surface area contributed by atoms with Gasteiger partial charge in [0.15, 0.2) is 22.6 Å². The number of aryl methyl sites for hydroxylation is 1. The molecule has 6 heterocycles. The summed E-state index contributed by atoms with van der Waals surface area (Å²) in [6.07, 6.45) is -0.317. The van der Waals surface area contributed by atoms with E-state index in [9.17, 15) is 68.7 Å². The number of pyridine rings is 1. The summed E-state index contributed by atoms with van der Waals surface area (Å²) in [5.74, 6) is -7.66. The van der Waals surface area contributed by atoms with Crippen molar-refractivity contribution >= 4 is 91.6 Å². The number of aromatic nitrogens is 6. The van der Waals surface area contributed by atoms with Gasteiger partial charge in [0.2, 0.25) is 23.6 Å². The first-order chi connectivity index (χ1) is 48.9. The average Bonchev–Trinajstić information content (AvgIpc) is 1.37. The molecule has 0 spiro atoms. The molecular formula is C72H92N12O18S. The number of fused-ring (bicyclic) bond motifs is 2. The number of carboxylic acids is 3. The molecule has 5 amide bonds. The summed E-state index contributed by atoms with van der Waals surface area (Å²) >= 11 is 1.37. The van der Waals surface area contributed by atoms with E-state index in [2.05, 4.69) is 50.4 Å². The summed E-state index contributed by atoms with van der Waals surface area (Å²) in [5, 5.41) is 79.4. The third kappa shape index (κ3) is 17.7. The maximum Gasteiger partial charge on any atom is 0.355 e. The summed E-state index contributed by atoms with van der Waals surface area (Å²) in [7, 11) is 0. The number of imidazole rings is 1. The molecule has 30 nitrogen and oxygen atoms in total. The van der Waals surface area contributed by atoms with Gasteiger partial charge in [-0.1, -0.05) is 71.1 Å². The van der Waals surface area contributed by atoms with Gasteiger partial charge in [-0.2, -0.15) is 5.10 Å². The van der Waals surface area contributed by atoms with Crippen molar-refractivity contribution in [1.82, 2.24) is 45.2 Å². The molecule has 0 radical (unpaired) electrons. The second kappa shape index (κ2) is 31.8. The van der Waals surface area contributed by atoms with Crippen LogP contribution < -0.4 is 31.5 Å². The Hall–Kier alpha value is -9.27. The third-order valence-electron chi connectivity index (χ3n) is 20.0. The molecule has 12 rings (SSSR count). The van der Waals surface area contributed by atoms with E-state index >= 15 is 0 Å². The number of nitrogens with zero attached hydrogens (tertiary/aromatic N) is 7. The minimum Gasteiger partial charge on any atom is -0.481 e. The largest absolute Gasteiger partial charge is 0.481 e. The Morgan fingerprint density at radius 2 is 1.50 bits per heavy atom. The van der Waals surface area contributed by atoms with Crippen LogP contribution in [0.3, 0.4) is 0 Å². The Morgan fingerprint density at radius 1 is 0.767 bits per heavy atom. The molecule has 4 aliphatic carbocycles. The predicted octanol–water partition coefficient (Wildman–Crippen LogP) is 6.15. The lowest BCUT2D eigenvalue weighted by Gasteiger charge is -2.69. The first kappa shape index (κ1) is 76.4. The molecule has 103 heavy (non-hydrogen) atoms. The second-order valence-electron chi connectivity index (χ2n) is 28.9. The van der Waals surface area contributed by atoms with Gasteiger partial charge < -0.3 is 75.6 Å². The van der Waals surface area contributed by atoms with Crippen molar-refractivity contribution < 1.29 is 88.0 Å². The smallest absolute Gasteiger partial charge is 0.355 e. The number of nitrogens with one attached hydrogen (secondary N) is 5. The van der Waals surface area contributed by atoms with Gasteiger partial charge in [-0.25, -0.2) is 24.5 Å². The van der Waals surface area contributed by atoms with Gasteiger partial charge in [0.05, 0.1) is 59.7 Å². The molecule has 5 fully saturated rings. The summed E-state index contributed by atoms with van der Waals surface area (Å²) in [4.78, 5) is 130. The number of carboxylic acid groups (broad SMARTS) is 3. The number of ether oxygens (including phenoxy) is 3. The van der Waals surface area contributed by atoms with Gasteiger partial charge in [-0.15, -0.1) is 0 Å². The van der Waals surface area contributed by atoms with Crippen LogP contribution in [0.2, 0.25) is 0 Å². The lowest BCUT2D eigenvalue weighted by atomic mass is 9.39. The highest BCUT2D eigenvalue weighted by molar-refractivity contribution is 7.22. The van der Waals surface area contributed by atoms with Crippen LogP contribution >= 0.6 is 11.3 Å². The minimum atomic E-state index is -1.91. The van der Waals surface area contributed by atoms with Crippen LogP contribution in [0.5, 0.6) is 0 Å². The maximum atomic E-state index is 13.6. The van der Waals surface area contributed by atoms with Crippen LogP contribution in [-0.2, 0) is 80.4 Å². The molecule has 9 atom stereocenters. The molecule has 554 valence electrons. The number of amides is 5. The van der Waals surface area contributed by atoms with E-state index in [4.69, 9.17) is 29.4 Å². The van der Waals surface area contributed by atoms with E-state index < -0.39 is 121 Å². The summed E-state index contributed by atoms with van der Waals surface area (Å²) < 4.78 is 23.2. The zero-order chi connectivity index (χ0) is 74.5. The minimum absolute atomic E-state index is 0.00742. The number of carbonyl (C=O) groups is 9. The number of hydrogen-bond donors (Lipinski definition) is 11. The number of para-hydroxylation sites is 1. The number of esters is 1. The number of aliphatic hydroxyl groups excluding tert-OH is 3. The number of anilines is 3. The molecule has 6 aromatic rings. The molecule has 4 saturated carbocycles. The molecule has 4 bridgehead atoms. The van der Waals surface area contributed by atoms with Crippen molar-refractivity contribution in [3.8, 4) is 11.1 Å². The maximum absolute atomic E-state index is 13.6. The SMILES string of the molecule is CC.Cc1c(-c2ccc(N3CCn4cnc(C(=O)Nc5nc6ccccc6s5)c4C3)nc2C(=O)O)cnn1CC12CC3(C)CC(C)(C1)CC(OCCCC(=O)OCc1ccc(NC(=O)[C@H](C)NC(=O)[C@@H](NC(=O)CNC(=O)CCC(=O)O)C(C)C)cc1CC[C@@H]1O[C@H](C(=O)O)[C@@H](O)[C@H](O)[C@H]1O)(C3)C2. The number of aliphatic hydroxyl groups is 3. The Kier molecular flexibility index (Phi) is 23.6. The monoisotopic (exact) mass is 1440 g/mol. The Balaban J connectivity index is 0.00000565. The van der Waals surface area contributed by atoms with Crippen molar-refractivity contribution in [2.45, 2.75) is 207 Å². The lowest BCUT2D eigenvalue weighted by Crippen LogP contribution is -2.64. The first-order valence-corrected chi connectivity index (χ1v) is 35.7. The molecule has 2 aliphatic heterocycles. The quantitative estimate of drug-likeness (QED) is 0.0185. The molecule has 31 heteroatoms. The number of thiazole rings is 1. The first-order valence-electron chi connectivity index (χ1n) is 34.9. The Morgan fingerprint density at radius 3 is 2.20 bits per heavy atom. The van der Waals surface area contributed by atoms with Gasteiger partial charge in [-0.05, 0) is 141 Å². The molecule has 11 N–H and O–H groups in total. The standard InChI is InChI=1S/C70H86N12O18S.C2H6/c1-37(2)54(78-51(84)26-71-50(83)19-20-52(85)86)62(92)74-38(3)61(91)75-42-15-13-41(40(24-42)14-17-47-57(88)58(89)59(90)60(100-47)65(96)97)28-98-53(87)12-9-23-99-70-32-67(5)29-68(6,33-70)31-69(30-67,34-70)35-82-39(4)44(25-73-82)43-16-18-49(77-55(43)64(94)95)80-21-22-81-36-72-56(46(81)27-80)63(93)79-66-76-45-10-7-8-11-48(45)101-66;1-2/h7-8,10-11,13,15-16,18,24-25,36-38,47,54,57-60,88-90H,9,12,14,17,19-23,26-35H2,1-6H3,(H,71,83)(H,74,92)(H,75,91)(H,78,84)(H,85,86)(H,94,95)(H,96,97)(H,76,79,93);1-2H3/t38-,47-,54-,57-,58+,59-,60-,67?,68?,69?,70?;/m0./s1. The molecule has 2 unspecified atom stereocenters. The number of benzene rings is 2. The van der Waals surface area contributed by atoms with E-state index in [1.54, 1.807) is 56.7 Å². The van der Waals surface area contributed by atoms with Crippen LogP contribution in [0.1, 0.15) is 163 Å². The van der Waals surface area contributed by atoms with Crippen molar-refractivity contribution in [2.75, 3.05) is 35.2 Å². The third-order valence-corrected chi connectivity index (χ3v) is 21.0. The fourth-order valence-corrected chi connectivity index (χ4v) is 17.3. The summed E-state index contributed by atoms with van der Waals surface area (Å²) in [6.45, 7) is 16.7. The zero-order valence-corrected chi connectivity index (χ0v) is 59.8. The van der Waals surface area contributed by atoms with Crippen molar-refractivity contribution in [1.29, 1.82) is 0 Å². The van der Waals surface area contributed by atoms with E-state index in [1.807, 2.05) is 59.2 Å². The second-order valence-corrected chi connectivity index (χ2v) is 29.9. The van der Waals surface area contributed by atoms with Gasteiger partial charge in [0.1, 0.15) is 42.8 Å². The summed E-state index contributed by atoms with van der Waals surface area (Å²) in [6, 6.07) is 13.6. The fourth-order valence-electron chi connectivity index (χ4n) is 16.4. The zero-order valence-electron chi connectivity index (χ0n) is 59.0. The van der Waals surface area contributed by atoms with E-state index in [0.717, 1.165) is 54.4 Å². The van der Waals surface area contributed by atoms with Gasteiger partial charge in [-0.3, -0.25) is 43.6 Å². The Bertz CT molecular complexity index is 4140. The van der Waals surface area contributed by atoms with Crippen LogP contribution in [0.4, 0.5) is 16.6 Å². The van der Waals surface area contributed by atoms with E-state index in [1.165, 1.54) is 18.3 Å². The molecular weight excluding hydrogens is 1350 g/mol. The van der Waals surface area contributed by atoms with Gasteiger partial charge in [0, 0.05) is 61.6 Å². The van der Waals surface area contributed by atoms with Gasteiger partial charge >= 0.3 is 23.9 Å². The van der Waals surface area contributed by atoms with Crippen LogP contribution in [-0.4, -0.2) is 181 Å². The molecule has 1 saturated heterocycles. The summed E-state index contributed by atoms with van der Waals surface area (Å²) in [5.41, 5.74) is 3.83.